The van der Waals surface area contributed by atoms with Crippen molar-refractivity contribution in [2.45, 2.75) is 39.2 Å². The Bertz CT molecular complexity index is 418. The normalized spacial score (nSPS) is 27.8. The van der Waals surface area contributed by atoms with E-state index in [0.717, 1.165) is 18.8 Å². The molecule has 1 aromatic rings. The molecule has 3 nitrogen and oxygen atoms in total. The maximum atomic E-state index is 12.0. The highest BCUT2D eigenvalue weighted by atomic mass is 35.5. The van der Waals surface area contributed by atoms with Gasteiger partial charge >= 0.3 is 0 Å². The van der Waals surface area contributed by atoms with Crippen molar-refractivity contribution < 1.29 is 4.79 Å². The number of nitrogens with one attached hydrogen (secondary N) is 1. The second-order valence-corrected chi connectivity index (χ2v) is 5.69. The molecule has 0 bridgehead atoms. The van der Waals surface area contributed by atoms with Crippen molar-refractivity contribution in [1.82, 2.24) is 10.3 Å². The third kappa shape index (κ3) is 3.22. The number of hydrogen-bond donors (Lipinski definition) is 1. The average Bonchev–Trinajstić information content (AvgIpc) is 2.34. The lowest BCUT2D eigenvalue weighted by Crippen LogP contribution is -2.39. The molecule has 4 heteroatoms. The molecule has 1 fully saturated rings. The van der Waals surface area contributed by atoms with Crippen LogP contribution in [0.4, 0.5) is 0 Å². The minimum atomic E-state index is -0.0501. The van der Waals surface area contributed by atoms with Crippen molar-refractivity contribution in [2.75, 3.05) is 0 Å². The van der Waals surface area contributed by atoms with Gasteiger partial charge in [0.1, 0.15) is 5.15 Å². The number of aromatic nitrogens is 1. The number of carbonyl (C=O) groups is 1. The standard InChI is InChI=1S/C14H19ClN2O/c1-9-3-5-12(7-10(9)2)17-14(18)11-4-6-13(15)16-8-11/h4,6,8-10,12H,3,5,7H2,1-2H3,(H,17,18). The van der Waals surface area contributed by atoms with Crippen LogP contribution in [0.5, 0.6) is 0 Å². The zero-order chi connectivity index (χ0) is 13.1. The Morgan fingerprint density at radius 1 is 1.33 bits per heavy atom. The Labute approximate surface area is 113 Å². The highest BCUT2D eigenvalue weighted by molar-refractivity contribution is 6.29. The second-order valence-electron chi connectivity index (χ2n) is 5.31. The minimum absolute atomic E-state index is 0.0501. The van der Waals surface area contributed by atoms with Crippen molar-refractivity contribution in [3.63, 3.8) is 0 Å². The summed E-state index contributed by atoms with van der Waals surface area (Å²) in [6.07, 6.45) is 4.84. The SMILES string of the molecule is CC1CCC(NC(=O)c2ccc(Cl)nc2)CC1C. The molecule has 1 heterocycles. The number of rotatable bonds is 2. The summed E-state index contributed by atoms with van der Waals surface area (Å²) in [6, 6.07) is 3.64. The van der Waals surface area contributed by atoms with Crippen LogP contribution in [0.3, 0.4) is 0 Å². The summed E-state index contributed by atoms with van der Waals surface area (Å²) in [5.74, 6) is 1.38. The maximum absolute atomic E-state index is 12.0. The molecule has 0 aliphatic heterocycles. The fourth-order valence-corrected chi connectivity index (χ4v) is 2.57. The predicted molar refractivity (Wildman–Crippen MR) is 72.7 cm³/mol. The van der Waals surface area contributed by atoms with E-state index in [9.17, 15) is 4.79 Å². The molecule has 18 heavy (non-hydrogen) atoms. The molecule has 1 N–H and O–H groups in total. The first-order valence-corrected chi connectivity index (χ1v) is 6.86. The lowest BCUT2D eigenvalue weighted by molar-refractivity contribution is 0.0910. The molecule has 2 rings (SSSR count). The van der Waals surface area contributed by atoms with E-state index in [1.165, 1.54) is 12.6 Å². The van der Waals surface area contributed by atoms with E-state index in [-0.39, 0.29) is 5.91 Å². The monoisotopic (exact) mass is 266 g/mol. The topological polar surface area (TPSA) is 42.0 Å². The van der Waals surface area contributed by atoms with Crippen LogP contribution in [0.15, 0.2) is 18.3 Å². The number of halogens is 1. The van der Waals surface area contributed by atoms with Gasteiger partial charge in [0.15, 0.2) is 0 Å². The van der Waals surface area contributed by atoms with Gasteiger partial charge in [-0.1, -0.05) is 25.4 Å². The zero-order valence-corrected chi connectivity index (χ0v) is 11.6. The Hall–Kier alpha value is -1.09. The first-order valence-electron chi connectivity index (χ1n) is 6.48. The molecule has 1 aromatic heterocycles. The number of hydrogen-bond acceptors (Lipinski definition) is 2. The fourth-order valence-electron chi connectivity index (χ4n) is 2.46. The molecule has 1 saturated carbocycles. The van der Waals surface area contributed by atoms with Crippen LogP contribution in [-0.4, -0.2) is 16.9 Å². The number of carbonyl (C=O) groups excluding carboxylic acids is 1. The highest BCUT2D eigenvalue weighted by Gasteiger charge is 2.25. The summed E-state index contributed by atoms with van der Waals surface area (Å²) >= 11 is 5.70. The number of pyridine rings is 1. The van der Waals surface area contributed by atoms with E-state index < -0.39 is 0 Å². The van der Waals surface area contributed by atoms with E-state index in [4.69, 9.17) is 11.6 Å². The molecule has 0 spiro atoms. The first kappa shape index (κ1) is 13.3. The van der Waals surface area contributed by atoms with Gasteiger partial charge in [0.25, 0.3) is 5.91 Å². The minimum Gasteiger partial charge on any atom is -0.349 e. The molecule has 1 aliphatic rings. The number of nitrogens with zero attached hydrogens (tertiary/aromatic N) is 1. The molecule has 0 radical (unpaired) electrons. The van der Waals surface area contributed by atoms with Gasteiger partial charge < -0.3 is 5.32 Å². The van der Waals surface area contributed by atoms with Crippen LogP contribution in [-0.2, 0) is 0 Å². The summed E-state index contributed by atoms with van der Waals surface area (Å²) in [5, 5.41) is 3.49. The van der Waals surface area contributed by atoms with Crippen LogP contribution in [0.1, 0.15) is 43.5 Å². The largest absolute Gasteiger partial charge is 0.349 e. The van der Waals surface area contributed by atoms with Gasteiger partial charge in [0, 0.05) is 12.2 Å². The molecular formula is C14H19ClN2O. The highest BCUT2D eigenvalue weighted by Crippen LogP contribution is 2.29. The first-order chi connectivity index (χ1) is 8.56. The van der Waals surface area contributed by atoms with Gasteiger partial charge in [-0.2, -0.15) is 0 Å². The maximum Gasteiger partial charge on any atom is 0.253 e. The number of amides is 1. The average molecular weight is 267 g/mol. The van der Waals surface area contributed by atoms with Crippen LogP contribution in [0, 0.1) is 11.8 Å². The van der Waals surface area contributed by atoms with Crippen molar-refractivity contribution in [3.8, 4) is 0 Å². The molecule has 0 aromatic carbocycles. The van der Waals surface area contributed by atoms with Gasteiger partial charge in [-0.25, -0.2) is 4.98 Å². The van der Waals surface area contributed by atoms with Gasteiger partial charge in [0.05, 0.1) is 5.56 Å². The van der Waals surface area contributed by atoms with Gasteiger partial charge in [-0.3, -0.25) is 4.79 Å². The van der Waals surface area contributed by atoms with Crippen molar-refractivity contribution in [1.29, 1.82) is 0 Å². The van der Waals surface area contributed by atoms with E-state index >= 15 is 0 Å². The third-order valence-electron chi connectivity index (χ3n) is 3.92. The second kappa shape index (κ2) is 5.70. The fraction of sp³-hybridized carbons (Fsp3) is 0.571. The Morgan fingerprint density at radius 3 is 2.72 bits per heavy atom. The van der Waals surface area contributed by atoms with E-state index in [0.29, 0.717) is 22.7 Å². The van der Waals surface area contributed by atoms with Gasteiger partial charge in [-0.05, 0) is 43.2 Å². The van der Waals surface area contributed by atoms with E-state index in [1.807, 2.05) is 0 Å². The quantitative estimate of drug-likeness (QED) is 0.835. The lowest BCUT2D eigenvalue weighted by Gasteiger charge is -2.32. The van der Waals surface area contributed by atoms with Crippen LogP contribution < -0.4 is 5.32 Å². The van der Waals surface area contributed by atoms with Crippen molar-refractivity contribution in [3.05, 3.63) is 29.0 Å². The lowest BCUT2D eigenvalue weighted by atomic mass is 9.79. The Kier molecular flexibility index (Phi) is 4.23. The Balaban J connectivity index is 1.93. The van der Waals surface area contributed by atoms with Gasteiger partial charge in [0.2, 0.25) is 0 Å². The van der Waals surface area contributed by atoms with E-state index in [1.54, 1.807) is 12.1 Å². The third-order valence-corrected chi connectivity index (χ3v) is 4.15. The van der Waals surface area contributed by atoms with Crippen molar-refractivity contribution >= 4 is 17.5 Å². The summed E-state index contributed by atoms with van der Waals surface area (Å²) in [7, 11) is 0. The van der Waals surface area contributed by atoms with Gasteiger partial charge in [-0.15, -0.1) is 0 Å². The predicted octanol–water partition coefficient (Wildman–Crippen LogP) is 3.29. The molecule has 98 valence electrons. The van der Waals surface area contributed by atoms with Crippen LogP contribution in [0.25, 0.3) is 0 Å². The van der Waals surface area contributed by atoms with Crippen LogP contribution in [0.2, 0.25) is 5.15 Å². The molecular weight excluding hydrogens is 248 g/mol. The van der Waals surface area contributed by atoms with Crippen LogP contribution >= 0.6 is 11.6 Å². The summed E-state index contributed by atoms with van der Waals surface area (Å²) in [4.78, 5) is 15.9. The molecule has 1 aliphatic carbocycles. The summed E-state index contributed by atoms with van der Waals surface area (Å²) in [5.41, 5.74) is 0.575. The van der Waals surface area contributed by atoms with E-state index in [2.05, 4.69) is 24.1 Å². The zero-order valence-electron chi connectivity index (χ0n) is 10.8. The smallest absolute Gasteiger partial charge is 0.253 e. The molecule has 1 amide bonds. The molecule has 3 unspecified atom stereocenters. The summed E-state index contributed by atoms with van der Waals surface area (Å²) in [6.45, 7) is 4.54. The molecule has 0 saturated heterocycles. The van der Waals surface area contributed by atoms with Crippen molar-refractivity contribution in [2.24, 2.45) is 11.8 Å². The summed E-state index contributed by atoms with van der Waals surface area (Å²) < 4.78 is 0. The molecule has 3 atom stereocenters. The Morgan fingerprint density at radius 2 is 2.11 bits per heavy atom.